The molecule has 0 atom stereocenters. The molecule has 278 valence electrons. The van der Waals surface area contributed by atoms with E-state index in [2.05, 4.69) is 226 Å². The van der Waals surface area contributed by atoms with Crippen LogP contribution in [0.25, 0.3) is 99.7 Å². The van der Waals surface area contributed by atoms with Crippen LogP contribution in [0.5, 0.6) is 0 Å². The molecule has 0 saturated carbocycles. The van der Waals surface area contributed by atoms with E-state index in [9.17, 15) is 0 Å². The van der Waals surface area contributed by atoms with Gasteiger partial charge in [-0.2, -0.15) is 0 Å². The zero-order valence-electron chi connectivity index (χ0n) is 33.2. The van der Waals surface area contributed by atoms with Crippen molar-refractivity contribution in [3.05, 3.63) is 223 Å². The van der Waals surface area contributed by atoms with Gasteiger partial charge in [0, 0.05) is 16.5 Å². The third kappa shape index (κ3) is 5.89. The minimum Gasteiger partial charge on any atom is -0.248 e. The van der Waals surface area contributed by atoms with E-state index in [1.54, 1.807) is 0 Å². The minimum absolute atomic E-state index is 0.0685. The maximum absolute atomic E-state index is 5.19. The Bertz CT molecular complexity index is 3140. The van der Waals surface area contributed by atoms with Crippen molar-refractivity contribution in [3.8, 4) is 78.1 Å². The third-order valence-electron chi connectivity index (χ3n) is 12.5. The highest BCUT2D eigenvalue weighted by Gasteiger charge is 2.35. The van der Waals surface area contributed by atoms with Crippen LogP contribution < -0.4 is 0 Å². The Balaban J connectivity index is 1.16. The molecule has 1 heterocycles. The van der Waals surface area contributed by atoms with Gasteiger partial charge in [0.15, 0.2) is 0 Å². The molecule has 1 aromatic heterocycles. The molecule has 0 unspecified atom stereocenters. The predicted octanol–water partition coefficient (Wildman–Crippen LogP) is 15.7. The Morgan fingerprint density at radius 2 is 0.695 bits per heavy atom. The zero-order valence-corrected chi connectivity index (χ0v) is 33.2. The molecule has 0 saturated heterocycles. The fraction of sp³-hybridized carbons (Fsp3) is 0.0517. The molecule has 0 fully saturated rings. The molecule has 0 amide bonds. The first-order chi connectivity index (χ1) is 29.0. The molecule has 0 bridgehead atoms. The first-order valence-corrected chi connectivity index (χ1v) is 20.5. The normalized spacial score (nSPS) is 12.7. The van der Waals surface area contributed by atoms with Crippen molar-refractivity contribution in [2.75, 3.05) is 0 Å². The number of aromatic nitrogens is 1. The maximum atomic E-state index is 5.19. The van der Waals surface area contributed by atoms with Crippen molar-refractivity contribution >= 4 is 21.5 Å². The van der Waals surface area contributed by atoms with E-state index in [0.29, 0.717) is 0 Å². The fourth-order valence-corrected chi connectivity index (χ4v) is 9.51. The largest absolute Gasteiger partial charge is 0.248 e. The summed E-state index contributed by atoms with van der Waals surface area (Å²) in [6, 6.07) is 77.5. The maximum Gasteiger partial charge on any atom is 0.0715 e. The Morgan fingerprint density at radius 3 is 1.22 bits per heavy atom. The van der Waals surface area contributed by atoms with Crippen LogP contribution in [0.3, 0.4) is 0 Å². The van der Waals surface area contributed by atoms with E-state index in [1.165, 1.54) is 77.2 Å². The standard InChI is InChI=1S/C58H41N/c1-58(2)52-26-16-15-25-46(52)47-30-27-44(35-53(47)58)42-28-31-48-50(33-42)56(40-21-11-5-12-22-40)49-32-29-43(34-51(49)57(48)41-23-13-6-14-24-41)45-36-54(38-17-7-3-8-18-38)59-55(37-45)39-19-9-4-10-20-39/h3-37H,1-2H3. The van der Waals surface area contributed by atoms with E-state index >= 15 is 0 Å². The van der Waals surface area contributed by atoms with Crippen molar-refractivity contribution in [3.63, 3.8) is 0 Å². The van der Waals surface area contributed by atoms with Gasteiger partial charge in [-0.1, -0.05) is 196 Å². The highest BCUT2D eigenvalue weighted by molar-refractivity contribution is 6.22. The van der Waals surface area contributed by atoms with Crippen LogP contribution in [0.1, 0.15) is 25.0 Å². The molecule has 1 heteroatoms. The summed E-state index contributed by atoms with van der Waals surface area (Å²) >= 11 is 0. The van der Waals surface area contributed by atoms with Gasteiger partial charge in [-0.3, -0.25) is 0 Å². The van der Waals surface area contributed by atoms with Crippen LogP contribution in [0.15, 0.2) is 212 Å². The summed E-state index contributed by atoms with van der Waals surface area (Å²) in [5.74, 6) is 0. The molecule has 10 aromatic rings. The summed E-state index contributed by atoms with van der Waals surface area (Å²) in [5, 5.41) is 4.94. The molecule has 0 spiro atoms. The minimum atomic E-state index is -0.0685. The van der Waals surface area contributed by atoms with Gasteiger partial charge >= 0.3 is 0 Å². The van der Waals surface area contributed by atoms with Gasteiger partial charge in [0.25, 0.3) is 0 Å². The Labute approximate surface area is 346 Å². The molecule has 0 N–H and O–H groups in total. The zero-order chi connectivity index (χ0) is 39.5. The lowest BCUT2D eigenvalue weighted by Crippen LogP contribution is -2.14. The van der Waals surface area contributed by atoms with Crippen LogP contribution in [0, 0.1) is 0 Å². The highest BCUT2D eigenvalue weighted by atomic mass is 14.7. The first kappa shape index (κ1) is 34.9. The van der Waals surface area contributed by atoms with Gasteiger partial charge in [0.1, 0.15) is 0 Å². The van der Waals surface area contributed by atoms with Crippen molar-refractivity contribution in [1.29, 1.82) is 0 Å². The van der Waals surface area contributed by atoms with Crippen LogP contribution in [-0.2, 0) is 5.41 Å². The second-order valence-electron chi connectivity index (χ2n) is 16.3. The fourth-order valence-electron chi connectivity index (χ4n) is 9.51. The van der Waals surface area contributed by atoms with E-state index in [1.807, 2.05) is 0 Å². The second-order valence-corrected chi connectivity index (χ2v) is 16.3. The lowest BCUT2D eigenvalue weighted by atomic mass is 9.81. The summed E-state index contributed by atoms with van der Waals surface area (Å²) in [7, 11) is 0. The van der Waals surface area contributed by atoms with Crippen LogP contribution >= 0.6 is 0 Å². The average Bonchev–Trinajstić information content (AvgIpc) is 3.54. The number of hydrogen-bond acceptors (Lipinski definition) is 1. The van der Waals surface area contributed by atoms with Crippen LogP contribution in [0.4, 0.5) is 0 Å². The number of benzene rings is 9. The number of nitrogens with zero attached hydrogens (tertiary/aromatic N) is 1. The van der Waals surface area contributed by atoms with Crippen LogP contribution in [0.2, 0.25) is 0 Å². The van der Waals surface area contributed by atoms with E-state index in [0.717, 1.165) is 33.6 Å². The van der Waals surface area contributed by atoms with Gasteiger partial charge in [0.05, 0.1) is 11.4 Å². The van der Waals surface area contributed by atoms with Crippen LogP contribution in [-0.4, -0.2) is 4.98 Å². The molecule has 1 aliphatic carbocycles. The monoisotopic (exact) mass is 751 g/mol. The molecular weight excluding hydrogens is 711 g/mol. The smallest absolute Gasteiger partial charge is 0.0715 e. The summed E-state index contributed by atoms with van der Waals surface area (Å²) in [5.41, 5.74) is 19.2. The molecule has 59 heavy (non-hydrogen) atoms. The molecular formula is C58H41N. The van der Waals surface area contributed by atoms with Gasteiger partial charge < -0.3 is 0 Å². The predicted molar refractivity (Wildman–Crippen MR) is 249 cm³/mol. The highest BCUT2D eigenvalue weighted by Crippen LogP contribution is 2.51. The molecule has 9 aromatic carbocycles. The van der Waals surface area contributed by atoms with E-state index in [-0.39, 0.29) is 5.41 Å². The summed E-state index contributed by atoms with van der Waals surface area (Å²) in [6.07, 6.45) is 0. The van der Waals surface area contributed by atoms with Crippen molar-refractivity contribution in [2.45, 2.75) is 19.3 Å². The quantitative estimate of drug-likeness (QED) is 0.154. The van der Waals surface area contributed by atoms with Gasteiger partial charge in [-0.25, -0.2) is 4.98 Å². The molecule has 0 aliphatic heterocycles. The van der Waals surface area contributed by atoms with Crippen molar-refractivity contribution < 1.29 is 0 Å². The van der Waals surface area contributed by atoms with Gasteiger partial charge in [-0.15, -0.1) is 0 Å². The second kappa shape index (κ2) is 13.9. The SMILES string of the molecule is CC1(C)c2ccccc2-c2ccc(-c3ccc4c(-c5ccccc5)c5cc(-c6cc(-c7ccccc7)nc(-c7ccccc7)c6)ccc5c(-c5ccccc5)c4c3)cc21. The number of hydrogen-bond donors (Lipinski definition) is 0. The number of pyridine rings is 1. The lowest BCUT2D eigenvalue weighted by Gasteiger charge is -2.22. The van der Waals surface area contributed by atoms with Crippen molar-refractivity contribution in [2.24, 2.45) is 0 Å². The van der Waals surface area contributed by atoms with E-state index < -0.39 is 0 Å². The molecule has 1 aliphatic rings. The first-order valence-electron chi connectivity index (χ1n) is 20.5. The Kier molecular flexibility index (Phi) is 8.24. The topological polar surface area (TPSA) is 12.9 Å². The summed E-state index contributed by atoms with van der Waals surface area (Å²) in [4.78, 5) is 5.19. The summed E-state index contributed by atoms with van der Waals surface area (Å²) < 4.78 is 0. The lowest BCUT2D eigenvalue weighted by molar-refractivity contribution is 0.660. The van der Waals surface area contributed by atoms with Crippen molar-refractivity contribution in [1.82, 2.24) is 4.98 Å². The number of rotatable bonds is 6. The van der Waals surface area contributed by atoms with E-state index in [4.69, 9.17) is 4.98 Å². The molecule has 11 rings (SSSR count). The average molecular weight is 752 g/mol. The van der Waals surface area contributed by atoms with Gasteiger partial charge in [0.2, 0.25) is 0 Å². The van der Waals surface area contributed by atoms with Gasteiger partial charge in [-0.05, 0) is 119 Å². The molecule has 0 radical (unpaired) electrons. The third-order valence-corrected chi connectivity index (χ3v) is 12.5. The Hall–Kier alpha value is -7.35. The Morgan fingerprint density at radius 1 is 0.288 bits per heavy atom. The summed E-state index contributed by atoms with van der Waals surface area (Å²) in [6.45, 7) is 4.72. The number of fused-ring (bicyclic) bond motifs is 5. The molecule has 1 nitrogen and oxygen atoms in total.